The molecule has 0 aromatic rings. The molecule has 0 radical (unpaired) electrons. The van der Waals surface area contributed by atoms with Crippen molar-refractivity contribution in [1.82, 2.24) is 4.90 Å². The van der Waals surface area contributed by atoms with Crippen molar-refractivity contribution in [1.29, 1.82) is 0 Å². The van der Waals surface area contributed by atoms with Gasteiger partial charge in [0.1, 0.15) is 5.82 Å². The molecular formula is C5H10N2. The molecular weight excluding hydrogens is 88.1 g/mol. The fraction of sp³-hybridized carbons (Fsp3) is 0.400. The minimum atomic E-state index is 0.694. The average molecular weight is 98.1 g/mol. The third kappa shape index (κ3) is 1.98. The van der Waals surface area contributed by atoms with Crippen LogP contribution in [0, 0.1) is 0 Å². The Hall–Kier alpha value is -0.790. The maximum atomic E-state index is 3.57. The maximum Gasteiger partial charge on any atom is 0.119 e. The molecule has 0 unspecified atom stereocenters. The smallest absolute Gasteiger partial charge is 0.119 e. The second-order valence-corrected chi connectivity index (χ2v) is 1.47. The van der Waals surface area contributed by atoms with E-state index in [0.29, 0.717) is 5.82 Å². The van der Waals surface area contributed by atoms with E-state index in [-0.39, 0.29) is 0 Å². The first-order chi connectivity index (χ1) is 3.18. The molecule has 7 heavy (non-hydrogen) atoms. The normalized spacial score (nSPS) is 7.71. The van der Waals surface area contributed by atoms with Gasteiger partial charge in [0.15, 0.2) is 0 Å². The van der Waals surface area contributed by atoms with Crippen LogP contribution in [0.25, 0.3) is 0 Å². The molecule has 40 valence electrons. The van der Waals surface area contributed by atoms with Crippen molar-refractivity contribution in [2.24, 2.45) is 4.99 Å². The zero-order valence-corrected chi connectivity index (χ0v) is 4.81. The summed E-state index contributed by atoms with van der Waals surface area (Å²) in [6.07, 6.45) is 0. The van der Waals surface area contributed by atoms with E-state index in [2.05, 4.69) is 18.3 Å². The Morgan fingerprint density at radius 2 is 2.00 bits per heavy atom. The SMILES string of the molecule is C=NC(=C)N(C)C. The lowest BCUT2D eigenvalue weighted by atomic mass is 10.7. The van der Waals surface area contributed by atoms with Gasteiger partial charge in [0.25, 0.3) is 0 Å². The highest BCUT2D eigenvalue weighted by atomic mass is 15.2. The number of rotatable bonds is 2. The van der Waals surface area contributed by atoms with Crippen LogP contribution < -0.4 is 0 Å². The number of hydrogen-bond donors (Lipinski definition) is 0. The summed E-state index contributed by atoms with van der Waals surface area (Å²) in [6.45, 7) is 6.86. The molecule has 0 saturated heterocycles. The van der Waals surface area contributed by atoms with Crippen LogP contribution in [0.1, 0.15) is 0 Å². The van der Waals surface area contributed by atoms with Crippen LogP contribution in [0.4, 0.5) is 0 Å². The number of nitrogens with zero attached hydrogens (tertiary/aromatic N) is 2. The van der Waals surface area contributed by atoms with E-state index in [0.717, 1.165) is 0 Å². The summed E-state index contributed by atoms with van der Waals surface area (Å²) in [7, 11) is 3.74. The molecule has 0 bridgehead atoms. The lowest BCUT2D eigenvalue weighted by Crippen LogP contribution is -2.06. The quantitative estimate of drug-likeness (QED) is 0.465. The molecule has 0 aromatic carbocycles. The summed E-state index contributed by atoms with van der Waals surface area (Å²) in [5.74, 6) is 0.694. The Balaban J connectivity index is 3.56. The van der Waals surface area contributed by atoms with Crippen LogP contribution >= 0.6 is 0 Å². The molecule has 0 fully saturated rings. The zero-order chi connectivity index (χ0) is 5.86. The Morgan fingerprint density at radius 3 is 2.00 bits per heavy atom. The highest BCUT2D eigenvalue weighted by Crippen LogP contribution is 1.90. The minimum absolute atomic E-state index is 0.694. The number of aliphatic imine (C=N–C) groups is 1. The fourth-order valence-electron chi connectivity index (χ4n) is 0.141. The molecule has 0 N–H and O–H groups in total. The average Bonchev–Trinajstić information content (AvgIpc) is 1.65. The summed E-state index contributed by atoms with van der Waals surface area (Å²) in [5, 5.41) is 0. The molecule has 0 aliphatic rings. The predicted octanol–water partition coefficient (Wildman–Crippen LogP) is 0.720. The van der Waals surface area contributed by atoms with Crippen LogP contribution in [-0.4, -0.2) is 25.7 Å². The van der Waals surface area contributed by atoms with Crippen LogP contribution in [0.3, 0.4) is 0 Å². The van der Waals surface area contributed by atoms with Gasteiger partial charge in [0.05, 0.1) is 0 Å². The van der Waals surface area contributed by atoms with Crippen LogP contribution in [0.5, 0.6) is 0 Å². The highest BCUT2D eigenvalue weighted by molar-refractivity contribution is 5.27. The monoisotopic (exact) mass is 98.1 g/mol. The van der Waals surface area contributed by atoms with Crippen molar-refractivity contribution in [3.63, 3.8) is 0 Å². The standard InChI is InChI=1S/C5H10N2/c1-5(6-2)7(3)4/h1-2H2,3-4H3. The molecule has 0 spiro atoms. The molecule has 2 heteroatoms. The van der Waals surface area contributed by atoms with Gasteiger partial charge in [-0.15, -0.1) is 0 Å². The highest BCUT2D eigenvalue weighted by Gasteiger charge is 1.84. The first-order valence-corrected chi connectivity index (χ1v) is 2.01. The third-order valence-electron chi connectivity index (χ3n) is 0.699. The van der Waals surface area contributed by atoms with Crippen LogP contribution in [0.2, 0.25) is 0 Å². The van der Waals surface area contributed by atoms with E-state index in [9.17, 15) is 0 Å². The van der Waals surface area contributed by atoms with Gasteiger partial charge >= 0.3 is 0 Å². The molecule has 0 aliphatic carbocycles. The van der Waals surface area contributed by atoms with Gasteiger partial charge in [0, 0.05) is 14.1 Å². The largest absolute Gasteiger partial charge is 0.363 e. The summed E-state index contributed by atoms with van der Waals surface area (Å²) in [4.78, 5) is 5.37. The summed E-state index contributed by atoms with van der Waals surface area (Å²) in [6, 6.07) is 0. The summed E-state index contributed by atoms with van der Waals surface area (Å²) in [5.41, 5.74) is 0. The first kappa shape index (κ1) is 6.21. The first-order valence-electron chi connectivity index (χ1n) is 2.01. The van der Waals surface area contributed by atoms with Crippen molar-refractivity contribution >= 4 is 6.72 Å². The number of hydrogen-bond acceptors (Lipinski definition) is 2. The van der Waals surface area contributed by atoms with Crippen molar-refractivity contribution in [3.05, 3.63) is 12.4 Å². The van der Waals surface area contributed by atoms with Crippen LogP contribution in [0.15, 0.2) is 17.4 Å². The molecule has 0 aromatic heterocycles. The van der Waals surface area contributed by atoms with E-state index >= 15 is 0 Å². The molecule has 2 nitrogen and oxygen atoms in total. The second kappa shape index (κ2) is 2.39. The van der Waals surface area contributed by atoms with Crippen molar-refractivity contribution in [2.75, 3.05) is 14.1 Å². The molecule has 0 amide bonds. The Morgan fingerprint density at radius 1 is 1.57 bits per heavy atom. The van der Waals surface area contributed by atoms with Crippen LogP contribution in [-0.2, 0) is 0 Å². The van der Waals surface area contributed by atoms with E-state index in [1.807, 2.05) is 14.1 Å². The minimum Gasteiger partial charge on any atom is -0.363 e. The Kier molecular flexibility index (Phi) is 2.12. The van der Waals surface area contributed by atoms with Gasteiger partial charge < -0.3 is 4.90 Å². The maximum absolute atomic E-state index is 3.57. The molecule has 0 rings (SSSR count). The van der Waals surface area contributed by atoms with Crippen molar-refractivity contribution in [2.45, 2.75) is 0 Å². The van der Waals surface area contributed by atoms with E-state index in [4.69, 9.17) is 0 Å². The van der Waals surface area contributed by atoms with Gasteiger partial charge in [-0.2, -0.15) is 0 Å². The van der Waals surface area contributed by atoms with Gasteiger partial charge in [-0.3, -0.25) is 0 Å². The molecule has 0 aliphatic heterocycles. The summed E-state index contributed by atoms with van der Waals surface area (Å²) < 4.78 is 0. The Labute approximate surface area is 44.2 Å². The van der Waals surface area contributed by atoms with E-state index in [1.165, 1.54) is 0 Å². The lowest BCUT2D eigenvalue weighted by Gasteiger charge is -2.08. The molecule has 0 saturated carbocycles. The van der Waals surface area contributed by atoms with Gasteiger partial charge in [-0.05, 0) is 6.72 Å². The van der Waals surface area contributed by atoms with Gasteiger partial charge in [-0.1, -0.05) is 6.58 Å². The topological polar surface area (TPSA) is 15.6 Å². The van der Waals surface area contributed by atoms with Crippen molar-refractivity contribution in [3.8, 4) is 0 Å². The second-order valence-electron chi connectivity index (χ2n) is 1.47. The van der Waals surface area contributed by atoms with E-state index in [1.54, 1.807) is 4.90 Å². The van der Waals surface area contributed by atoms with Gasteiger partial charge in [0.2, 0.25) is 0 Å². The lowest BCUT2D eigenvalue weighted by molar-refractivity contribution is 0.510. The van der Waals surface area contributed by atoms with E-state index < -0.39 is 0 Å². The fourth-order valence-corrected chi connectivity index (χ4v) is 0.141. The summed E-state index contributed by atoms with van der Waals surface area (Å²) >= 11 is 0. The third-order valence-corrected chi connectivity index (χ3v) is 0.699. The Bertz CT molecular complexity index is 84.1. The molecule has 0 atom stereocenters. The van der Waals surface area contributed by atoms with Gasteiger partial charge in [-0.25, -0.2) is 4.99 Å². The zero-order valence-electron chi connectivity index (χ0n) is 4.81. The molecule has 0 heterocycles. The van der Waals surface area contributed by atoms with Crippen molar-refractivity contribution < 1.29 is 0 Å². The predicted molar refractivity (Wildman–Crippen MR) is 32.4 cm³/mol.